The van der Waals surface area contributed by atoms with Gasteiger partial charge in [-0.25, -0.2) is 13.4 Å². The van der Waals surface area contributed by atoms with E-state index in [9.17, 15) is 31.4 Å². The normalized spacial score (nSPS) is 19.2. The predicted molar refractivity (Wildman–Crippen MR) is 99.5 cm³/mol. The molecule has 0 aliphatic carbocycles. The Morgan fingerprint density at radius 3 is 2.27 bits per heavy atom. The number of benzene rings is 1. The summed E-state index contributed by atoms with van der Waals surface area (Å²) in [4.78, 5) is 26.3. The van der Waals surface area contributed by atoms with Crippen molar-refractivity contribution in [1.29, 1.82) is 0 Å². The molecule has 7 nitrogen and oxygen atoms in total. The van der Waals surface area contributed by atoms with Crippen molar-refractivity contribution in [3.63, 3.8) is 0 Å². The minimum atomic E-state index is -5.05. The van der Waals surface area contributed by atoms with Crippen LogP contribution in [-0.2, 0) is 20.6 Å². The number of carbonyl (C=O) groups excluding carboxylic acids is 2. The minimum Gasteiger partial charge on any atom is -0.444 e. The fourth-order valence-corrected chi connectivity index (χ4v) is 3.04. The van der Waals surface area contributed by atoms with Crippen LogP contribution in [0.4, 0.5) is 22.4 Å². The first-order valence-electron chi connectivity index (χ1n) is 8.95. The van der Waals surface area contributed by atoms with Crippen LogP contribution in [0.3, 0.4) is 0 Å². The number of alkyl halides is 4. The Kier molecular flexibility index (Phi) is 7.32. The van der Waals surface area contributed by atoms with E-state index in [1.165, 1.54) is 17.0 Å². The lowest BCUT2D eigenvalue weighted by Crippen LogP contribution is -2.43. The van der Waals surface area contributed by atoms with Gasteiger partial charge in [-0.15, -0.1) is 0 Å². The number of alkyl carbamates (subject to hydrolysis) is 1. The Morgan fingerprint density at radius 1 is 1.20 bits per heavy atom. The zero-order valence-electron chi connectivity index (χ0n) is 16.5. The number of carbonyl (C=O) groups is 2. The van der Waals surface area contributed by atoms with Gasteiger partial charge >= 0.3 is 22.7 Å². The molecule has 1 aliphatic heterocycles. The predicted octanol–water partition coefficient (Wildman–Crippen LogP) is 3.39. The van der Waals surface area contributed by atoms with Crippen molar-refractivity contribution in [2.24, 2.45) is 0 Å². The Balaban J connectivity index is 2.21. The van der Waals surface area contributed by atoms with E-state index in [-0.39, 0.29) is 30.8 Å². The van der Waals surface area contributed by atoms with Gasteiger partial charge in [-0.05, 0) is 44.9 Å². The third-order valence-electron chi connectivity index (χ3n) is 3.92. The molecule has 2 amide bonds. The van der Waals surface area contributed by atoms with Crippen LogP contribution in [0.1, 0.15) is 38.8 Å². The lowest BCUT2D eigenvalue weighted by molar-refractivity contribution is -0.132. The Labute approximate surface area is 173 Å². The summed E-state index contributed by atoms with van der Waals surface area (Å²) in [6.07, 6.45) is -1.90. The van der Waals surface area contributed by atoms with Crippen LogP contribution in [0, 0.1) is 0 Å². The van der Waals surface area contributed by atoms with Gasteiger partial charge in [0.1, 0.15) is 23.6 Å². The van der Waals surface area contributed by atoms with Crippen molar-refractivity contribution >= 4 is 23.1 Å². The number of ether oxygens (including phenoxy) is 1. The second-order valence-electron chi connectivity index (χ2n) is 7.58. The fraction of sp³-hybridized carbons (Fsp3) is 0.556. The SMILES string of the molecule is CC(C)(C)OC(=O)NC(C(=O)N1CC[C@H](F)C1)c1ccc(OS(=O)C(F)(F)F)cc1. The number of nitrogens with zero attached hydrogens (tertiary/aromatic N) is 1. The molecule has 1 saturated heterocycles. The minimum absolute atomic E-state index is 0.128. The molecule has 1 heterocycles. The molecule has 0 aromatic heterocycles. The molecule has 0 bridgehead atoms. The summed E-state index contributed by atoms with van der Waals surface area (Å²) in [5, 5.41) is 2.41. The summed E-state index contributed by atoms with van der Waals surface area (Å²) in [7, 11) is 0. The second kappa shape index (κ2) is 9.19. The topological polar surface area (TPSA) is 84.9 Å². The highest BCUT2D eigenvalue weighted by molar-refractivity contribution is 7.81. The molecule has 1 fully saturated rings. The maximum Gasteiger partial charge on any atom is 0.508 e. The van der Waals surface area contributed by atoms with E-state index in [2.05, 4.69) is 9.50 Å². The molecule has 12 heteroatoms. The summed E-state index contributed by atoms with van der Waals surface area (Å²) in [6, 6.07) is 3.39. The molecule has 1 aromatic carbocycles. The molecular weight excluding hydrogens is 432 g/mol. The third kappa shape index (κ3) is 6.85. The van der Waals surface area contributed by atoms with Gasteiger partial charge in [0.25, 0.3) is 0 Å². The molecule has 0 radical (unpaired) electrons. The molecule has 1 aliphatic rings. The molecule has 168 valence electrons. The largest absolute Gasteiger partial charge is 0.508 e. The molecule has 2 unspecified atom stereocenters. The summed E-state index contributed by atoms with van der Waals surface area (Å²) >= 11 is -3.55. The van der Waals surface area contributed by atoms with E-state index in [1.807, 2.05) is 0 Å². The number of rotatable bonds is 5. The summed E-state index contributed by atoms with van der Waals surface area (Å²) in [5.74, 6) is -0.934. The number of hydrogen-bond donors (Lipinski definition) is 1. The van der Waals surface area contributed by atoms with Crippen molar-refractivity contribution in [2.75, 3.05) is 13.1 Å². The van der Waals surface area contributed by atoms with Crippen LogP contribution < -0.4 is 9.50 Å². The van der Waals surface area contributed by atoms with Crippen molar-refractivity contribution in [1.82, 2.24) is 10.2 Å². The van der Waals surface area contributed by atoms with Crippen molar-refractivity contribution < 1.29 is 40.3 Å². The third-order valence-corrected chi connectivity index (χ3v) is 4.65. The number of hydrogen-bond acceptors (Lipinski definition) is 5. The van der Waals surface area contributed by atoms with Crippen molar-refractivity contribution in [3.8, 4) is 5.75 Å². The zero-order chi connectivity index (χ0) is 22.7. The van der Waals surface area contributed by atoms with E-state index in [1.54, 1.807) is 20.8 Å². The second-order valence-corrected chi connectivity index (χ2v) is 8.68. The van der Waals surface area contributed by atoms with Gasteiger partial charge in [-0.3, -0.25) is 4.79 Å². The van der Waals surface area contributed by atoms with E-state index in [0.29, 0.717) is 0 Å². The summed E-state index contributed by atoms with van der Waals surface area (Å²) in [6.45, 7) is 4.93. The number of likely N-dealkylation sites (tertiary alicyclic amines) is 1. The molecule has 30 heavy (non-hydrogen) atoms. The zero-order valence-corrected chi connectivity index (χ0v) is 17.3. The van der Waals surface area contributed by atoms with Crippen LogP contribution in [0.2, 0.25) is 0 Å². The highest BCUT2D eigenvalue weighted by Crippen LogP contribution is 2.26. The molecular formula is C18H22F4N2O5S. The Bertz CT molecular complexity index is 795. The average Bonchev–Trinajstić information content (AvgIpc) is 3.04. The van der Waals surface area contributed by atoms with Crippen molar-refractivity contribution in [3.05, 3.63) is 29.8 Å². The average molecular weight is 454 g/mol. The van der Waals surface area contributed by atoms with Gasteiger partial charge < -0.3 is 19.1 Å². The molecule has 0 spiro atoms. The monoisotopic (exact) mass is 454 g/mol. The first-order chi connectivity index (χ1) is 13.8. The molecule has 1 N–H and O–H groups in total. The molecule has 0 saturated carbocycles. The van der Waals surface area contributed by atoms with Crippen LogP contribution in [-0.4, -0.2) is 51.5 Å². The van der Waals surface area contributed by atoms with E-state index in [4.69, 9.17) is 4.74 Å². The van der Waals surface area contributed by atoms with Gasteiger partial charge in [0.05, 0.1) is 6.54 Å². The maximum absolute atomic E-state index is 13.5. The lowest BCUT2D eigenvalue weighted by atomic mass is 10.1. The van der Waals surface area contributed by atoms with Crippen LogP contribution >= 0.6 is 0 Å². The molecule has 2 rings (SSSR count). The quantitative estimate of drug-likeness (QED) is 0.690. The van der Waals surface area contributed by atoms with E-state index in [0.717, 1.165) is 12.1 Å². The van der Waals surface area contributed by atoms with Gasteiger partial charge in [0, 0.05) is 6.54 Å². The summed E-state index contributed by atoms with van der Waals surface area (Å²) < 4.78 is 71.1. The molecule has 1 aromatic rings. The number of amides is 2. The number of nitrogens with one attached hydrogen (secondary N) is 1. The van der Waals surface area contributed by atoms with Crippen LogP contribution in [0.15, 0.2) is 24.3 Å². The van der Waals surface area contributed by atoms with E-state index >= 15 is 0 Å². The highest BCUT2D eigenvalue weighted by Gasteiger charge is 2.40. The smallest absolute Gasteiger partial charge is 0.444 e. The van der Waals surface area contributed by atoms with Gasteiger partial charge in [0.15, 0.2) is 0 Å². The lowest BCUT2D eigenvalue weighted by Gasteiger charge is -2.26. The van der Waals surface area contributed by atoms with Gasteiger partial charge in [0.2, 0.25) is 5.91 Å². The Hall–Kier alpha value is -2.37. The van der Waals surface area contributed by atoms with Crippen LogP contribution in [0.25, 0.3) is 0 Å². The standard InChI is InChI=1S/C18H22F4N2O5S/c1-17(2,3)28-16(26)23-14(15(25)24-9-8-12(19)10-24)11-4-6-13(7-5-11)29-30(27)18(20,21)22/h4-7,12,14H,8-10H2,1-3H3,(H,23,26)/t12-,14?,30?/m0/s1. The van der Waals surface area contributed by atoms with Crippen molar-refractivity contribution in [2.45, 2.75) is 50.5 Å². The van der Waals surface area contributed by atoms with Gasteiger partial charge in [-0.1, -0.05) is 12.1 Å². The summed E-state index contributed by atoms with van der Waals surface area (Å²) in [5.41, 5.74) is -5.68. The fourth-order valence-electron chi connectivity index (χ4n) is 2.66. The van der Waals surface area contributed by atoms with Crippen LogP contribution in [0.5, 0.6) is 5.75 Å². The number of halogens is 4. The van der Waals surface area contributed by atoms with Gasteiger partial charge in [-0.2, -0.15) is 13.2 Å². The Morgan fingerprint density at radius 2 is 1.80 bits per heavy atom. The molecule has 3 atom stereocenters. The first kappa shape index (κ1) is 23.9. The maximum atomic E-state index is 13.5. The highest BCUT2D eigenvalue weighted by atomic mass is 32.2. The first-order valence-corrected chi connectivity index (χ1v) is 10.0. The van der Waals surface area contributed by atoms with E-state index < -0.39 is 46.4 Å².